The summed E-state index contributed by atoms with van der Waals surface area (Å²) in [7, 11) is 3.47. The third-order valence-electron chi connectivity index (χ3n) is 4.96. The first-order valence-electron chi connectivity index (χ1n) is 9.89. The number of guanidine groups is 1. The molecule has 0 radical (unpaired) electrons. The van der Waals surface area contributed by atoms with E-state index >= 15 is 0 Å². The van der Waals surface area contributed by atoms with Gasteiger partial charge in [-0.2, -0.15) is 0 Å². The lowest BCUT2D eigenvalue weighted by Crippen LogP contribution is -2.53. The van der Waals surface area contributed by atoms with E-state index in [4.69, 9.17) is 4.74 Å². The summed E-state index contributed by atoms with van der Waals surface area (Å²) in [5, 5.41) is 6.27. The molecular formula is C22H29N5O2. The number of methoxy groups -OCH3 is 1. The van der Waals surface area contributed by atoms with Crippen LogP contribution in [0.25, 0.3) is 0 Å². The van der Waals surface area contributed by atoms with Crippen molar-refractivity contribution in [1.29, 1.82) is 0 Å². The van der Waals surface area contributed by atoms with Crippen LogP contribution in [0.15, 0.2) is 59.6 Å². The second kappa shape index (κ2) is 10.4. The molecule has 0 aromatic heterocycles. The van der Waals surface area contributed by atoms with Gasteiger partial charge in [-0.1, -0.05) is 18.2 Å². The van der Waals surface area contributed by atoms with Crippen molar-refractivity contribution in [2.24, 2.45) is 4.99 Å². The Morgan fingerprint density at radius 1 is 0.966 bits per heavy atom. The van der Waals surface area contributed by atoms with Gasteiger partial charge in [0.25, 0.3) is 5.91 Å². The second-order valence-corrected chi connectivity index (χ2v) is 6.77. The SMILES string of the molecule is CN=C(NCCNC(=O)c1ccccc1)N1CCN(c2ccc(OC)cc2)CC1. The number of rotatable bonds is 6. The Morgan fingerprint density at radius 2 is 1.62 bits per heavy atom. The minimum Gasteiger partial charge on any atom is -0.497 e. The molecule has 1 fully saturated rings. The van der Waals surface area contributed by atoms with Crippen molar-refractivity contribution in [3.63, 3.8) is 0 Å². The van der Waals surface area contributed by atoms with Gasteiger partial charge in [0.2, 0.25) is 0 Å². The number of anilines is 1. The van der Waals surface area contributed by atoms with Crippen molar-refractivity contribution in [3.8, 4) is 5.75 Å². The van der Waals surface area contributed by atoms with E-state index < -0.39 is 0 Å². The molecule has 7 nitrogen and oxygen atoms in total. The van der Waals surface area contributed by atoms with Crippen molar-refractivity contribution in [1.82, 2.24) is 15.5 Å². The minimum atomic E-state index is -0.0597. The second-order valence-electron chi connectivity index (χ2n) is 6.77. The average molecular weight is 396 g/mol. The summed E-state index contributed by atoms with van der Waals surface area (Å²) in [6.07, 6.45) is 0. The molecule has 1 aliphatic heterocycles. The summed E-state index contributed by atoms with van der Waals surface area (Å²) in [5.41, 5.74) is 1.88. The van der Waals surface area contributed by atoms with Gasteiger partial charge >= 0.3 is 0 Å². The third kappa shape index (κ3) is 5.63. The average Bonchev–Trinajstić information content (AvgIpc) is 2.80. The summed E-state index contributed by atoms with van der Waals surface area (Å²) in [5.74, 6) is 1.68. The molecule has 1 saturated heterocycles. The lowest BCUT2D eigenvalue weighted by atomic mass is 10.2. The molecule has 1 amide bonds. The molecule has 2 aromatic carbocycles. The smallest absolute Gasteiger partial charge is 0.251 e. The van der Waals surface area contributed by atoms with Crippen LogP contribution >= 0.6 is 0 Å². The van der Waals surface area contributed by atoms with Crippen molar-refractivity contribution >= 4 is 17.6 Å². The molecule has 0 bridgehead atoms. The van der Waals surface area contributed by atoms with Gasteiger partial charge in [-0.05, 0) is 36.4 Å². The van der Waals surface area contributed by atoms with E-state index in [0.29, 0.717) is 18.7 Å². The topological polar surface area (TPSA) is 69.2 Å². The normalized spacial score (nSPS) is 14.5. The highest BCUT2D eigenvalue weighted by atomic mass is 16.5. The molecule has 0 spiro atoms. The van der Waals surface area contributed by atoms with Gasteiger partial charge in [-0.3, -0.25) is 9.79 Å². The van der Waals surface area contributed by atoms with E-state index in [-0.39, 0.29) is 5.91 Å². The Morgan fingerprint density at radius 3 is 2.24 bits per heavy atom. The Kier molecular flexibility index (Phi) is 7.33. The van der Waals surface area contributed by atoms with Gasteiger partial charge in [0, 0.05) is 57.6 Å². The van der Waals surface area contributed by atoms with E-state index in [1.165, 1.54) is 5.69 Å². The maximum Gasteiger partial charge on any atom is 0.251 e. The van der Waals surface area contributed by atoms with Gasteiger partial charge in [-0.25, -0.2) is 0 Å². The first-order chi connectivity index (χ1) is 14.2. The van der Waals surface area contributed by atoms with E-state index in [9.17, 15) is 4.79 Å². The molecule has 29 heavy (non-hydrogen) atoms. The molecule has 1 aliphatic rings. The quantitative estimate of drug-likeness (QED) is 0.444. The van der Waals surface area contributed by atoms with Gasteiger partial charge in [0.15, 0.2) is 5.96 Å². The molecule has 0 saturated carbocycles. The van der Waals surface area contributed by atoms with Crippen LogP contribution in [0.2, 0.25) is 0 Å². The fourth-order valence-corrected chi connectivity index (χ4v) is 3.34. The maximum atomic E-state index is 12.1. The van der Waals surface area contributed by atoms with Crippen LogP contribution in [0.3, 0.4) is 0 Å². The molecule has 2 aromatic rings. The van der Waals surface area contributed by atoms with Gasteiger partial charge in [0.1, 0.15) is 5.75 Å². The fourth-order valence-electron chi connectivity index (χ4n) is 3.34. The van der Waals surface area contributed by atoms with Crippen LogP contribution < -0.4 is 20.3 Å². The summed E-state index contributed by atoms with van der Waals surface area (Å²) in [4.78, 5) is 21.1. The van der Waals surface area contributed by atoms with Crippen LogP contribution in [-0.4, -0.2) is 70.2 Å². The van der Waals surface area contributed by atoms with Gasteiger partial charge in [0.05, 0.1) is 7.11 Å². The van der Waals surface area contributed by atoms with Crippen molar-refractivity contribution in [2.75, 3.05) is 58.3 Å². The number of hydrogen-bond acceptors (Lipinski definition) is 4. The van der Waals surface area contributed by atoms with Crippen LogP contribution in [0.4, 0.5) is 5.69 Å². The number of aliphatic imine (C=N–C) groups is 1. The number of hydrogen-bond donors (Lipinski definition) is 2. The van der Waals surface area contributed by atoms with E-state index in [1.807, 2.05) is 42.5 Å². The molecule has 0 unspecified atom stereocenters. The number of nitrogens with one attached hydrogen (secondary N) is 2. The summed E-state index contributed by atoms with van der Waals surface area (Å²) >= 11 is 0. The lowest BCUT2D eigenvalue weighted by molar-refractivity contribution is 0.0954. The lowest BCUT2D eigenvalue weighted by Gasteiger charge is -2.37. The fraction of sp³-hybridized carbons (Fsp3) is 0.364. The van der Waals surface area contributed by atoms with E-state index in [1.54, 1.807) is 14.2 Å². The first-order valence-corrected chi connectivity index (χ1v) is 9.89. The number of amides is 1. The van der Waals surface area contributed by atoms with Crippen LogP contribution in [0.1, 0.15) is 10.4 Å². The summed E-state index contributed by atoms with van der Waals surface area (Å²) in [6, 6.07) is 17.4. The molecule has 0 atom stereocenters. The summed E-state index contributed by atoms with van der Waals surface area (Å²) in [6.45, 7) is 4.81. The standard InChI is InChI=1S/C22H29N5O2/c1-23-22(25-13-12-24-21(28)18-6-4-3-5-7-18)27-16-14-26(15-17-27)19-8-10-20(29-2)11-9-19/h3-11H,12-17H2,1-2H3,(H,23,25)(H,24,28). The number of piperazine rings is 1. The largest absolute Gasteiger partial charge is 0.497 e. The molecule has 2 N–H and O–H groups in total. The highest BCUT2D eigenvalue weighted by molar-refractivity contribution is 5.94. The maximum absolute atomic E-state index is 12.1. The monoisotopic (exact) mass is 395 g/mol. The molecule has 1 heterocycles. The zero-order valence-electron chi connectivity index (χ0n) is 17.1. The van der Waals surface area contributed by atoms with Crippen LogP contribution in [0.5, 0.6) is 5.75 Å². The Bertz CT molecular complexity index is 800. The molecule has 7 heteroatoms. The first kappa shape index (κ1) is 20.5. The van der Waals surface area contributed by atoms with E-state index in [2.05, 4.69) is 37.6 Å². The highest BCUT2D eigenvalue weighted by Crippen LogP contribution is 2.20. The number of carbonyl (C=O) groups is 1. The predicted octanol–water partition coefficient (Wildman–Crippen LogP) is 1.82. The minimum absolute atomic E-state index is 0.0597. The van der Waals surface area contributed by atoms with Crippen molar-refractivity contribution < 1.29 is 9.53 Å². The molecule has 3 rings (SSSR count). The third-order valence-corrected chi connectivity index (χ3v) is 4.96. The number of benzene rings is 2. The molecule has 154 valence electrons. The van der Waals surface area contributed by atoms with E-state index in [0.717, 1.165) is 37.9 Å². The zero-order chi connectivity index (χ0) is 20.5. The van der Waals surface area contributed by atoms with Gasteiger partial charge in [-0.15, -0.1) is 0 Å². The van der Waals surface area contributed by atoms with Crippen molar-refractivity contribution in [2.45, 2.75) is 0 Å². The number of carbonyl (C=O) groups excluding carboxylic acids is 1. The number of nitrogens with zero attached hydrogens (tertiary/aromatic N) is 3. The number of ether oxygens (including phenoxy) is 1. The van der Waals surface area contributed by atoms with Crippen LogP contribution in [-0.2, 0) is 0 Å². The van der Waals surface area contributed by atoms with Crippen LogP contribution in [0, 0.1) is 0 Å². The van der Waals surface area contributed by atoms with Crippen molar-refractivity contribution in [3.05, 3.63) is 60.2 Å². The highest BCUT2D eigenvalue weighted by Gasteiger charge is 2.19. The molecule has 0 aliphatic carbocycles. The Labute approximate surface area is 172 Å². The summed E-state index contributed by atoms with van der Waals surface area (Å²) < 4.78 is 5.23. The van der Waals surface area contributed by atoms with Gasteiger partial charge < -0.3 is 25.2 Å². The zero-order valence-corrected chi connectivity index (χ0v) is 17.1. The predicted molar refractivity (Wildman–Crippen MR) is 117 cm³/mol. The Balaban J connectivity index is 1.41. The Hall–Kier alpha value is -3.22. The molecular weight excluding hydrogens is 366 g/mol.